The Balaban J connectivity index is 1.05. The summed E-state index contributed by atoms with van der Waals surface area (Å²) in [6.07, 6.45) is 6.17. The Morgan fingerprint density at radius 1 is 0.940 bits per heavy atom. The molecule has 2 atom stereocenters. The molecule has 0 saturated carbocycles. The van der Waals surface area contributed by atoms with Gasteiger partial charge in [0.2, 0.25) is 0 Å². The van der Waals surface area contributed by atoms with E-state index < -0.39 is 38.4 Å². The first kappa shape index (κ1) is 34.6. The van der Waals surface area contributed by atoms with Crippen LogP contribution < -0.4 is 4.72 Å². The Hall–Kier alpha value is -3.88. The van der Waals surface area contributed by atoms with Gasteiger partial charge in [-0.2, -0.15) is 26.3 Å². The van der Waals surface area contributed by atoms with Crippen LogP contribution in [0.3, 0.4) is 0 Å². The average molecular weight is 717 g/mol. The van der Waals surface area contributed by atoms with E-state index in [-0.39, 0.29) is 16.1 Å². The van der Waals surface area contributed by atoms with Gasteiger partial charge in [0.25, 0.3) is 5.91 Å². The lowest BCUT2D eigenvalue weighted by Crippen LogP contribution is -2.85. The van der Waals surface area contributed by atoms with Gasteiger partial charge in [0, 0.05) is 42.8 Å². The van der Waals surface area contributed by atoms with Crippen molar-refractivity contribution in [2.45, 2.75) is 80.9 Å². The van der Waals surface area contributed by atoms with Crippen molar-refractivity contribution in [3.63, 3.8) is 0 Å². The number of carbonyl (C=O) groups excluding carboxylic acids is 1. The van der Waals surface area contributed by atoms with Gasteiger partial charge in [0.15, 0.2) is 11.5 Å². The SMILES string of the molecule is Cc1nc2ccccc2n1C1CC2CCC(C1)N2CCC1(c2cccc(F)c2)CCN(C(=O)c2ccc([NH2+]S(=O)(=O)C(F)(F)F)c(F)c2)CC1. The maximum absolute atomic E-state index is 14.7. The van der Waals surface area contributed by atoms with Crippen molar-refractivity contribution in [3.05, 3.63) is 95.3 Å². The Bertz CT molecular complexity index is 2010. The number of piperidine rings is 2. The highest BCUT2D eigenvalue weighted by atomic mass is 32.2. The molecule has 0 aliphatic carbocycles. The minimum Gasteiger partial charge on any atom is -0.339 e. The molecule has 3 saturated heterocycles. The van der Waals surface area contributed by atoms with Gasteiger partial charge in [-0.3, -0.25) is 9.69 Å². The zero-order valence-electron chi connectivity index (χ0n) is 27.5. The average Bonchev–Trinajstić information content (AvgIpc) is 3.54. The summed E-state index contributed by atoms with van der Waals surface area (Å²) < 4.78 is 93.0. The van der Waals surface area contributed by atoms with E-state index in [9.17, 15) is 35.2 Å². The number of quaternary nitrogens is 1. The fourth-order valence-electron chi connectivity index (χ4n) is 8.60. The highest BCUT2D eigenvalue weighted by molar-refractivity contribution is 7.85. The van der Waals surface area contributed by atoms with Crippen molar-refractivity contribution in [3.8, 4) is 0 Å². The van der Waals surface area contributed by atoms with Crippen molar-refractivity contribution in [1.82, 2.24) is 19.4 Å². The molecule has 3 aromatic carbocycles. The number of hydrogen-bond acceptors (Lipinski definition) is 5. The number of aromatic nitrogens is 2. The number of carbonyl (C=O) groups is 1. The number of benzene rings is 3. The summed E-state index contributed by atoms with van der Waals surface area (Å²) in [7, 11) is -5.70. The molecule has 0 radical (unpaired) electrons. The summed E-state index contributed by atoms with van der Waals surface area (Å²) in [6.45, 7) is 3.54. The Morgan fingerprint density at radius 2 is 1.64 bits per heavy atom. The third-order valence-electron chi connectivity index (χ3n) is 11.1. The van der Waals surface area contributed by atoms with Crippen LogP contribution in [0, 0.1) is 18.6 Å². The summed E-state index contributed by atoms with van der Waals surface area (Å²) in [4.78, 5) is 22.4. The van der Waals surface area contributed by atoms with Crippen LogP contribution in [0.2, 0.25) is 0 Å². The predicted octanol–water partition coefficient (Wildman–Crippen LogP) is 6.10. The van der Waals surface area contributed by atoms with Gasteiger partial charge >= 0.3 is 15.5 Å². The Morgan fingerprint density at radius 3 is 2.30 bits per heavy atom. The molecule has 4 heterocycles. The highest BCUT2D eigenvalue weighted by Gasteiger charge is 2.50. The second-order valence-electron chi connectivity index (χ2n) is 13.9. The van der Waals surface area contributed by atoms with Crippen LogP contribution >= 0.6 is 0 Å². The van der Waals surface area contributed by atoms with Gasteiger partial charge in [-0.15, -0.1) is 0 Å². The maximum atomic E-state index is 14.7. The Labute approximate surface area is 287 Å². The number of alkyl halides is 3. The first-order valence-electron chi connectivity index (χ1n) is 16.9. The second-order valence-corrected chi connectivity index (χ2v) is 15.7. The number of para-hydroxylation sites is 2. The van der Waals surface area contributed by atoms with E-state index in [0.717, 1.165) is 73.8 Å². The van der Waals surface area contributed by atoms with Crippen molar-refractivity contribution in [2.24, 2.45) is 0 Å². The quantitative estimate of drug-likeness (QED) is 0.176. The molecule has 3 aliphatic heterocycles. The molecular weight excluding hydrogens is 677 g/mol. The minimum atomic E-state index is -5.70. The third kappa shape index (κ3) is 6.41. The number of hydrogen-bond donors (Lipinski definition) is 1. The van der Waals surface area contributed by atoms with Gasteiger partial charge in [0.05, 0.1) is 11.0 Å². The van der Waals surface area contributed by atoms with E-state index in [0.29, 0.717) is 44.1 Å². The summed E-state index contributed by atoms with van der Waals surface area (Å²) in [5.74, 6) is -1.06. The predicted molar refractivity (Wildman–Crippen MR) is 177 cm³/mol. The summed E-state index contributed by atoms with van der Waals surface area (Å²) in [5, 5.41) is 0. The molecule has 1 amide bonds. The molecule has 50 heavy (non-hydrogen) atoms. The normalized spacial score (nSPS) is 22.7. The fraction of sp³-hybridized carbons (Fsp3) is 0.444. The van der Waals surface area contributed by atoms with Crippen LogP contribution in [-0.2, 0) is 15.4 Å². The molecule has 2 unspecified atom stereocenters. The van der Waals surface area contributed by atoms with Gasteiger partial charge in [-0.25, -0.2) is 13.8 Å². The number of aryl methyl sites for hydroxylation is 1. The molecule has 4 aromatic rings. The third-order valence-corrected chi connectivity index (χ3v) is 12.4. The van der Waals surface area contributed by atoms with E-state index in [1.54, 1.807) is 17.0 Å². The smallest absolute Gasteiger partial charge is 0.339 e. The van der Waals surface area contributed by atoms with Crippen LogP contribution in [0.15, 0.2) is 66.7 Å². The molecule has 14 heteroatoms. The lowest BCUT2D eigenvalue weighted by molar-refractivity contribution is -0.411. The topological polar surface area (TPSA) is 92.1 Å². The molecule has 1 aromatic heterocycles. The van der Waals surface area contributed by atoms with Crippen LogP contribution in [0.25, 0.3) is 11.0 Å². The van der Waals surface area contributed by atoms with Crippen molar-refractivity contribution >= 4 is 32.7 Å². The van der Waals surface area contributed by atoms with Crippen molar-refractivity contribution in [2.75, 3.05) is 19.6 Å². The lowest BCUT2D eigenvalue weighted by atomic mass is 9.70. The molecule has 0 spiro atoms. The number of sulfonamides is 1. The number of nitrogens with zero attached hydrogens (tertiary/aromatic N) is 4. The number of nitrogens with two attached hydrogens (primary N) is 1. The number of halogens is 5. The lowest BCUT2D eigenvalue weighted by Gasteiger charge is -2.45. The zero-order valence-corrected chi connectivity index (χ0v) is 28.4. The van der Waals surface area contributed by atoms with Crippen LogP contribution in [-0.4, -0.2) is 70.9 Å². The molecule has 2 N–H and O–H groups in total. The number of primary sulfonamides is 1. The second kappa shape index (κ2) is 13.0. The molecule has 3 aliphatic rings. The molecular formula is C36H39F5N5O3S+. The number of likely N-dealkylation sites (tertiary alicyclic amines) is 1. The Kier molecular flexibility index (Phi) is 9.00. The van der Waals surface area contributed by atoms with E-state index in [4.69, 9.17) is 4.98 Å². The van der Waals surface area contributed by atoms with Gasteiger partial charge in [0.1, 0.15) is 11.6 Å². The van der Waals surface area contributed by atoms with Crippen LogP contribution in [0.4, 0.5) is 27.6 Å². The number of fused-ring (bicyclic) bond motifs is 3. The monoisotopic (exact) mass is 716 g/mol. The molecule has 3 fully saturated rings. The minimum absolute atomic E-state index is 0.0948. The van der Waals surface area contributed by atoms with E-state index in [1.807, 2.05) is 12.1 Å². The number of amides is 1. The summed E-state index contributed by atoms with van der Waals surface area (Å²) >= 11 is 0. The molecule has 266 valence electrons. The van der Waals surface area contributed by atoms with Gasteiger partial charge in [-0.05, 0) is 106 Å². The molecule has 8 nitrogen and oxygen atoms in total. The van der Waals surface area contributed by atoms with Crippen LogP contribution in [0.5, 0.6) is 0 Å². The van der Waals surface area contributed by atoms with Gasteiger partial charge < -0.3 is 9.47 Å². The van der Waals surface area contributed by atoms with E-state index in [2.05, 4.69) is 34.6 Å². The fourth-order valence-corrected chi connectivity index (χ4v) is 9.26. The number of imidazole rings is 1. The largest absolute Gasteiger partial charge is 0.549 e. The molecule has 7 rings (SSSR count). The summed E-state index contributed by atoms with van der Waals surface area (Å²) in [6, 6.07) is 18.9. The standard InChI is InChI=1S/C36H38F5N5O3S/c1-23-42-32-7-2-3-8-33(32)46(23)29-21-27-10-11-28(22-29)45(27)18-15-35(25-5-4-6-26(37)20-25)13-16-44(17-14-35)34(47)24-9-12-31(30(38)19-24)43-50(48,49)36(39,40)41/h2-9,12,19-20,27-29,43H,10-11,13-18,21-22H2,1H3/p+1. The van der Waals surface area contributed by atoms with Crippen molar-refractivity contribution in [1.29, 1.82) is 0 Å². The summed E-state index contributed by atoms with van der Waals surface area (Å²) in [5.41, 5.74) is -3.79. The van der Waals surface area contributed by atoms with Crippen LogP contribution in [0.1, 0.15) is 72.7 Å². The van der Waals surface area contributed by atoms with E-state index in [1.165, 1.54) is 11.6 Å². The van der Waals surface area contributed by atoms with Gasteiger partial charge in [-0.1, -0.05) is 24.3 Å². The molecule has 2 bridgehead atoms. The van der Waals surface area contributed by atoms with E-state index >= 15 is 0 Å². The first-order valence-corrected chi connectivity index (χ1v) is 18.5. The maximum Gasteiger partial charge on any atom is 0.549 e. The highest BCUT2D eigenvalue weighted by Crippen LogP contribution is 2.45. The first-order chi connectivity index (χ1) is 23.7. The zero-order chi connectivity index (χ0) is 35.4. The number of rotatable bonds is 8. The van der Waals surface area contributed by atoms with Crippen molar-refractivity contribution < 1.29 is 39.9 Å².